The summed E-state index contributed by atoms with van der Waals surface area (Å²) < 4.78 is 1.79. The molecule has 18 heavy (non-hydrogen) atoms. The molecule has 94 valence electrons. The lowest BCUT2D eigenvalue weighted by molar-refractivity contribution is 0.458. The van der Waals surface area contributed by atoms with Gasteiger partial charge in [-0.2, -0.15) is 5.10 Å². The lowest BCUT2D eigenvalue weighted by Crippen LogP contribution is -2.31. The highest BCUT2D eigenvalue weighted by atomic mass is 16.3. The molecular weight excluding hydrogens is 228 g/mol. The van der Waals surface area contributed by atoms with Crippen LogP contribution >= 0.6 is 0 Å². The molecule has 1 aliphatic heterocycles. The fraction of sp³-hybridized carbons (Fsp3) is 0.385. The Kier molecular flexibility index (Phi) is 2.76. The molecule has 0 saturated heterocycles. The van der Waals surface area contributed by atoms with Crippen LogP contribution in [0.15, 0.2) is 24.5 Å². The Hall–Kier alpha value is -1.88. The van der Waals surface area contributed by atoms with Crippen LogP contribution in [0.25, 0.3) is 0 Å². The van der Waals surface area contributed by atoms with E-state index in [1.165, 1.54) is 11.1 Å². The van der Waals surface area contributed by atoms with Gasteiger partial charge in [-0.3, -0.25) is 4.68 Å². The second-order valence-electron chi connectivity index (χ2n) is 4.64. The topological polar surface area (TPSA) is 63.0 Å². The van der Waals surface area contributed by atoms with Crippen molar-refractivity contribution in [2.45, 2.75) is 18.9 Å². The number of hydrogen-bond acceptors (Lipinski definition) is 4. The van der Waals surface area contributed by atoms with Crippen molar-refractivity contribution >= 4 is 0 Å². The van der Waals surface area contributed by atoms with E-state index in [4.69, 9.17) is 0 Å². The predicted molar refractivity (Wildman–Crippen MR) is 67.3 cm³/mol. The Morgan fingerprint density at radius 1 is 1.50 bits per heavy atom. The van der Waals surface area contributed by atoms with Gasteiger partial charge in [0.1, 0.15) is 17.9 Å². The zero-order valence-corrected chi connectivity index (χ0v) is 10.3. The highest BCUT2D eigenvalue weighted by Crippen LogP contribution is 2.28. The standard InChI is InChI=1S/C13H16N4O/c1-17-13(15-8-16-17)7-12-11-6-10(18)3-2-9(11)4-5-14-12/h2-3,6,8,12,14,18H,4-5,7H2,1H3. The average molecular weight is 244 g/mol. The molecule has 1 aromatic carbocycles. The third-order valence-corrected chi connectivity index (χ3v) is 3.48. The first kappa shape index (κ1) is 11.2. The van der Waals surface area contributed by atoms with Gasteiger partial charge in [-0.15, -0.1) is 0 Å². The van der Waals surface area contributed by atoms with Crippen molar-refractivity contribution in [3.05, 3.63) is 41.5 Å². The predicted octanol–water partition coefficient (Wildman–Crippen LogP) is 0.950. The molecule has 5 heteroatoms. The van der Waals surface area contributed by atoms with Crippen molar-refractivity contribution in [3.63, 3.8) is 0 Å². The summed E-state index contributed by atoms with van der Waals surface area (Å²) in [7, 11) is 1.90. The summed E-state index contributed by atoms with van der Waals surface area (Å²) in [5, 5.41) is 17.2. The molecule has 2 aromatic rings. The van der Waals surface area contributed by atoms with Crippen molar-refractivity contribution in [1.29, 1.82) is 0 Å². The maximum absolute atomic E-state index is 9.63. The van der Waals surface area contributed by atoms with Crippen molar-refractivity contribution in [2.75, 3.05) is 6.54 Å². The van der Waals surface area contributed by atoms with Gasteiger partial charge < -0.3 is 10.4 Å². The van der Waals surface area contributed by atoms with E-state index in [0.717, 1.165) is 25.2 Å². The molecule has 1 atom stereocenters. The Balaban J connectivity index is 1.91. The third-order valence-electron chi connectivity index (χ3n) is 3.48. The minimum Gasteiger partial charge on any atom is -0.508 e. The van der Waals surface area contributed by atoms with Gasteiger partial charge in [-0.05, 0) is 36.2 Å². The van der Waals surface area contributed by atoms with Gasteiger partial charge in [0.2, 0.25) is 0 Å². The molecule has 3 rings (SSSR count). The lowest BCUT2D eigenvalue weighted by Gasteiger charge is -2.26. The van der Waals surface area contributed by atoms with E-state index < -0.39 is 0 Å². The van der Waals surface area contributed by atoms with Crippen LogP contribution in [0.2, 0.25) is 0 Å². The van der Waals surface area contributed by atoms with Crippen LogP contribution < -0.4 is 5.32 Å². The van der Waals surface area contributed by atoms with Crippen LogP contribution in [0.1, 0.15) is 23.0 Å². The summed E-state index contributed by atoms with van der Waals surface area (Å²) >= 11 is 0. The number of aryl methyl sites for hydroxylation is 1. The molecule has 0 aliphatic carbocycles. The number of phenolic OH excluding ortho intramolecular Hbond substituents is 1. The summed E-state index contributed by atoms with van der Waals surface area (Å²) in [6.07, 6.45) is 3.36. The minimum absolute atomic E-state index is 0.198. The molecule has 0 radical (unpaired) electrons. The quantitative estimate of drug-likeness (QED) is 0.825. The number of phenols is 1. The van der Waals surface area contributed by atoms with Gasteiger partial charge >= 0.3 is 0 Å². The van der Waals surface area contributed by atoms with Gasteiger partial charge in [0.15, 0.2) is 0 Å². The summed E-state index contributed by atoms with van der Waals surface area (Å²) in [6.45, 7) is 0.959. The highest BCUT2D eigenvalue weighted by molar-refractivity contribution is 5.39. The molecule has 0 spiro atoms. The normalized spacial score (nSPS) is 18.6. The summed E-state index contributed by atoms with van der Waals surface area (Å²) in [6, 6.07) is 5.81. The van der Waals surface area contributed by atoms with Gasteiger partial charge in [0, 0.05) is 19.5 Å². The smallest absolute Gasteiger partial charge is 0.138 e. The van der Waals surface area contributed by atoms with Gasteiger partial charge in [0.25, 0.3) is 0 Å². The third kappa shape index (κ3) is 1.97. The fourth-order valence-corrected chi connectivity index (χ4v) is 2.50. The summed E-state index contributed by atoms with van der Waals surface area (Å²) in [5.41, 5.74) is 2.47. The first-order chi connectivity index (χ1) is 8.74. The molecule has 1 unspecified atom stereocenters. The van der Waals surface area contributed by atoms with Crippen molar-refractivity contribution < 1.29 is 5.11 Å². The first-order valence-electron chi connectivity index (χ1n) is 6.12. The maximum Gasteiger partial charge on any atom is 0.138 e. The Morgan fingerprint density at radius 3 is 3.17 bits per heavy atom. The zero-order valence-electron chi connectivity index (χ0n) is 10.3. The van der Waals surface area contributed by atoms with Crippen LogP contribution in [-0.4, -0.2) is 26.4 Å². The van der Waals surface area contributed by atoms with E-state index in [1.807, 2.05) is 19.2 Å². The number of benzene rings is 1. The Labute approximate surface area is 105 Å². The molecule has 0 amide bonds. The molecule has 2 heterocycles. The molecule has 0 fully saturated rings. The van der Waals surface area contributed by atoms with Crippen molar-refractivity contribution in [3.8, 4) is 5.75 Å². The molecule has 0 bridgehead atoms. The lowest BCUT2D eigenvalue weighted by atomic mass is 9.92. The SMILES string of the molecule is Cn1ncnc1CC1NCCc2ccc(O)cc21. The molecule has 2 N–H and O–H groups in total. The number of fused-ring (bicyclic) bond motifs is 1. The number of aromatic hydroxyl groups is 1. The fourth-order valence-electron chi connectivity index (χ4n) is 2.50. The van der Waals surface area contributed by atoms with Crippen LogP contribution in [0, 0.1) is 0 Å². The van der Waals surface area contributed by atoms with Crippen molar-refractivity contribution in [1.82, 2.24) is 20.1 Å². The number of hydrogen-bond donors (Lipinski definition) is 2. The van der Waals surface area contributed by atoms with Crippen molar-refractivity contribution in [2.24, 2.45) is 7.05 Å². The number of nitrogens with zero attached hydrogens (tertiary/aromatic N) is 3. The van der Waals surface area contributed by atoms with E-state index in [9.17, 15) is 5.11 Å². The second kappa shape index (κ2) is 4.42. The Morgan fingerprint density at radius 2 is 2.39 bits per heavy atom. The van der Waals surface area contributed by atoms with Crippen LogP contribution in [0.5, 0.6) is 5.75 Å². The number of nitrogens with one attached hydrogen (secondary N) is 1. The van der Waals surface area contributed by atoms with Gasteiger partial charge in [-0.1, -0.05) is 6.07 Å². The average Bonchev–Trinajstić information content (AvgIpc) is 2.76. The van der Waals surface area contributed by atoms with Crippen LogP contribution in [0.4, 0.5) is 0 Å². The van der Waals surface area contributed by atoms with E-state index in [1.54, 1.807) is 17.1 Å². The zero-order chi connectivity index (χ0) is 12.5. The monoisotopic (exact) mass is 244 g/mol. The summed E-state index contributed by atoms with van der Waals surface area (Å²) in [4.78, 5) is 4.25. The minimum atomic E-state index is 0.198. The van der Waals surface area contributed by atoms with Gasteiger partial charge in [0.05, 0.1) is 0 Å². The van der Waals surface area contributed by atoms with E-state index in [0.29, 0.717) is 5.75 Å². The highest BCUT2D eigenvalue weighted by Gasteiger charge is 2.21. The van der Waals surface area contributed by atoms with Gasteiger partial charge in [-0.25, -0.2) is 4.98 Å². The molecular formula is C13H16N4O. The largest absolute Gasteiger partial charge is 0.508 e. The second-order valence-corrected chi connectivity index (χ2v) is 4.64. The van der Waals surface area contributed by atoms with Crippen LogP contribution in [-0.2, 0) is 19.9 Å². The maximum atomic E-state index is 9.63. The molecule has 1 aromatic heterocycles. The summed E-state index contributed by atoms with van der Waals surface area (Å²) in [5.74, 6) is 1.27. The molecule has 0 saturated carbocycles. The Bertz CT molecular complexity index is 564. The van der Waals surface area contributed by atoms with Crippen LogP contribution in [0.3, 0.4) is 0 Å². The number of rotatable bonds is 2. The molecule has 5 nitrogen and oxygen atoms in total. The first-order valence-corrected chi connectivity index (χ1v) is 6.12. The van der Waals surface area contributed by atoms with E-state index in [-0.39, 0.29) is 6.04 Å². The van der Waals surface area contributed by atoms with E-state index in [2.05, 4.69) is 15.4 Å². The molecule has 1 aliphatic rings. The number of aromatic nitrogens is 3. The van der Waals surface area contributed by atoms with E-state index >= 15 is 0 Å².